The van der Waals surface area contributed by atoms with Crippen molar-refractivity contribution >= 4 is 17.2 Å². The second-order valence-corrected chi connectivity index (χ2v) is 5.41. The van der Waals surface area contributed by atoms with E-state index in [9.17, 15) is 4.79 Å². The summed E-state index contributed by atoms with van der Waals surface area (Å²) in [5, 5.41) is 0.715. The van der Waals surface area contributed by atoms with Crippen molar-refractivity contribution in [3.05, 3.63) is 29.7 Å². The van der Waals surface area contributed by atoms with E-state index in [-0.39, 0.29) is 5.91 Å². The highest BCUT2D eigenvalue weighted by Gasteiger charge is 2.20. The van der Waals surface area contributed by atoms with Gasteiger partial charge in [-0.25, -0.2) is 4.98 Å². The van der Waals surface area contributed by atoms with Crippen LogP contribution in [0.5, 0.6) is 0 Å². The first-order valence-corrected chi connectivity index (χ1v) is 7.25. The third-order valence-corrected chi connectivity index (χ3v) is 4.02. The number of thiazole rings is 1. The quantitative estimate of drug-likeness (QED) is 0.837. The van der Waals surface area contributed by atoms with Crippen molar-refractivity contribution < 1.29 is 9.53 Å². The van der Waals surface area contributed by atoms with Crippen LogP contribution in [0.4, 0.5) is 0 Å². The lowest BCUT2D eigenvalue weighted by Gasteiger charge is -2.18. The molecule has 7 heteroatoms. The number of carbonyl (C=O) groups excluding carboxylic acids is 1. The average Bonchev–Trinajstić information content (AvgIpc) is 2.83. The summed E-state index contributed by atoms with van der Waals surface area (Å²) < 4.78 is 5.36. The molecule has 2 aromatic rings. The van der Waals surface area contributed by atoms with Crippen LogP contribution in [0.3, 0.4) is 0 Å². The zero-order valence-corrected chi connectivity index (χ0v) is 11.7. The number of rotatable bonds is 2. The fraction of sp³-hybridized carbons (Fsp3) is 0.385. The fourth-order valence-corrected chi connectivity index (χ4v) is 2.85. The minimum absolute atomic E-state index is 0.0168. The van der Waals surface area contributed by atoms with E-state index in [4.69, 9.17) is 4.74 Å². The van der Waals surface area contributed by atoms with Gasteiger partial charge in [-0.2, -0.15) is 0 Å². The summed E-state index contributed by atoms with van der Waals surface area (Å²) in [6, 6.07) is 0. The van der Waals surface area contributed by atoms with Crippen molar-refractivity contribution in [3.63, 3.8) is 0 Å². The molecule has 0 N–H and O–H groups in total. The van der Waals surface area contributed by atoms with Crippen molar-refractivity contribution in [2.45, 2.75) is 6.42 Å². The number of aromatic nitrogens is 3. The second-order valence-electron chi connectivity index (χ2n) is 4.38. The highest BCUT2D eigenvalue weighted by Crippen LogP contribution is 2.23. The topological polar surface area (TPSA) is 68.2 Å². The first kappa shape index (κ1) is 13.1. The van der Waals surface area contributed by atoms with E-state index in [1.807, 2.05) is 4.90 Å². The first-order chi connectivity index (χ1) is 9.84. The van der Waals surface area contributed by atoms with Crippen LogP contribution in [0.2, 0.25) is 0 Å². The zero-order valence-electron chi connectivity index (χ0n) is 10.9. The molecular weight excluding hydrogens is 276 g/mol. The SMILES string of the molecule is O=C(c1cnc(-c2cnccn2)s1)N1CCCOCC1. The number of nitrogens with zero attached hydrogens (tertiary/aromatic N) is 4. The zero-order chi connectivity index (χ0) is 13.8. The predicted molar refractivity (Wildman–Crippen MR) is 74.5 cm³/mol. The highest BCUT2D eigenvalue weighted by atomic mass is 32.1. The van der Waals surface area contributed by atoms with Crippen molar-refractivity contribution in [1.82, 2.24) is 19.9 Å². The summed E-state index contributed by atoms with van der Waals surface area (Å²) in [4.78, 5) is 27.3. The molecule has 0 aliphatic carbocycles. The summed E-state index contributed by atoms with van der Waals surface area (Å²) in [5.41, 5.74) is 0.691. The molecule has 1 fully saturated rings. The van der Waals surface area contributed by atoms with Gasteiger partial charge in [-0.15, -0.1) is 11.3 Å². The normalized spacial score (nSPS) is 15.9. The van der Waals surface area contributed by atoms with Gasteiger partial charge >= 0.3 is 0 Å². The van der Waals surface area contributed by atoms with Crippen LogP contribution in [0.15, 0.2) is 24.8 Å². The summed E-state index contributed by atoms with van der Waals surface area (Å²) in [7, 11) is 0. The van der Waals surface area contributed by atoms with Crippen LogP contribution < -0.4 is 0 Å². The maximum Gasteiger partial charge on any atom is 0.265 e. The molecule has 1 aliphatic heterocycles. The Labute approximate surface area is 120 Å². The molecule has 0 spiro atoms. The van der Waals surface area contributed by atoms with Gasteiger partial charge < -0.3 is 9.64 Å². The fourth-order valence-electron chi connectivity index (χ4n) is 2.01. The van der Waals surface area contributed by atoms with E-state index >= 15 is 0 Å². The van der Waals surface area contributed by atoms with E-state index in [1.54, 1.807) is 24.8 Å². The van der Waals surface area contributed by atoms with Crippen LogP contribution in [0.25, 0.3) is 10.7 Å². The lowest BCUT2D eigenvalue weighted by atomic mass is 10.3. The van der Waals surface area contributed by atoms with Crippen molar-refractivity contribution in [2.24, 2.45) is 0 Å². The first-order valence-electron chi connectivity index (χ1n) is 6.44. The van der Waals surface area contributed by atoms with Crippen LogP contribution in [0.1, 0.15) is 16.1 Å². The molecule has 1 amide bonds. The highest BCUT2D eigenvalue weighted by molar-refractivity contribution is 7.16. The molecule has 1 aliphatic rings. The number of ether oxygens (including phenoxy) is 1. The molecule has 0 bridgehead atoms. The van der Waals surface area contributed by atoms with Gasteiger partial charge in [-0.05, 0) is 6.42 Å². The van der Waals surface area contributed by atoms with Gasteiger partial charge in [0.15, 0.2) is 0 Å². The van der Waals surface area contributed by atoms with Gasteiger partial charge in [0.25, 0.3) is 5.91 Å². The van der Waals surface area contributed by atoms with Crippen molar-refractivity contribution in [3.8, 4) is 10.7 Å². The molecule has 0 atom stereocenters. The summed E-state index contributed by atoms with van der Waals surface area (Å²) in [6.07, 6.45) is 7.36. The summed E-state index contributed by atoms with van der Waals surface area (Å²) >= 11 is 1.35. The molecule has 0 aromatic carbocycles. The van der Waals surface area contributed by atoms with E-state index in [1.165, 1.54) is 11.3 Å². The standard InChI is InChI=1S/C13H14N4O2S/c18-13(17-4-1-6-19-7-5-17)11-9-16-12(20-11)10-8-14-2-3-15-10/h2-3,8-9H,1,4-7H2. The van der Waals surface area contributed by atoms with Gasteiger partial charge in [0.1, 0.15) is 15.6 Å². The van der Waals surface area contributed by atoms with E-state index in [0.717, 1.165) is 19.6 Å². The molecule has 0 unspecified atom stereocenters. The minimum Gasteiger partial charge on any atom is -0.380 e. The Bertz CT molecular complexity index is 579. The molecule has 3 heterocycles. The molecular formula is C13H14N4O2S. The molecule has 0 saturated carbocycles. The molecule has 3 rings (SSSR count). The average molecular weight is 290 g/mol. The maximum absolute atomic E-state index is 12.4. The van der Waals surface area contributed by atoms with E-state index in [2.05, 4.69) is 15.0 Å². The van der Waals surface area contributed by atoms with Gasteiger partial charge in [0.05, 0.1) is 19.0 Å². The molecule has 2 aromatic heterocycles. The Hall–Kier alpha value is -1.86. The lowest BCUT2D eigenvalue weighted by Crippen LogP contribution is -2.32. The molecule has 0 radical (unpaired) electrons. The van der Waals surface area contributed by atoms with Gasteiger partial charge in [0, 0.05) is 32.1 Å². The number of hydrogen-bond acceptors (Lipinski definition) is 6. The van der Waals surface area contributed by atoms with Gasteiger partial charge in [-0.3, -0.25) is 14.8 Å². The number of amides is 1. The Morgan fingerprint density at radius 3 is 3.00 bits per heavy atom. The van der Waals surface area contributed by atoms with Gasteiger partial charge in [0.2, 0.25) is 0 Å². The molecule has 1 saturated heterocycles. The van der Waals surface area contributed by atoms with E-state index < -0.39 is 0 Å². The Kier molecular flexibility index (Phi) is 3.98. The van der Waals surface area contributed by atoms with Crippen molar-refractivity contribution in [1.29, 1.82) is 0 Å². The van der Waals surface area contributed by atoms with Crippen LogP contribution in [-0.2, 0) is 4.74 Å². The monoisotopic (exact) mass is 290 g/mol. The minimum atomic E-state index is 0.0168. The van der Waals surface area contributed by atoms with Crippen LogP contribution in [-0.4, -0.2) is 52.1 Å². The van der Waals surface area contributed by atoms with Crippen LogP contribution in [0, 0.1) is 0 Å². The third-order valence-electron chi connectivity index (χ3n) is 3.01. The summed E-state index contributed by atoms with van der Waals surface area (Å²) in [5.74, 6) is 0.0168. The maximum atomic E-state index is 12.4. The predicted octanol–water partition coefficient (Wildman–Crippen LogP) is 1.46. The van der Waals surface area contributed by atoms with Crippen molar-refractivity contribution in [2.75, 3.05) is 26.3 Å². The largest absolute Gasteiger partial charge is 0.380 e. The van der Waals surface area contributed by atoms with Crippen LogP contribution >= 0.6 is 11.3 Å². The smallest absolute Gasteiger partial charge is 0.265 e. The Morgan fingerprint density at radius 1 is 1.20 bits per heavy atom. The number of carbonyl (C=O) groups is 1. The molecule has 20 heavy (non-hydrogen) atoms. The molecule has 6 nitrogen and oxygen atoms in total. The number of hydrogen-bond donors (Lipinski definition) is 0. The van der Waals surface area contributed by atoms with Gasteiger partial charge in [-0.1, -0.05) is 0 Å². The second kappa shape index (κ2) is 6.06. The summed E-state index contributed by atoms with van der Waals surface area (Å²) in [6.45, 7) is 2.69. The van der Waals surface area contributed by atoms with E-state index in [0.29, 0.717) is 28.7 Å². The third kappa shape index (κ3) is 2.83. The molecule has 104 valence electrons. The Balaban J connectivity index is 1.77. The lowest BCUT2D eigenvalue weighted by molar-refractivity contribution is 0.0746. The Morgan fingerprint density at radius 2 is 2.15 bits per heavy atom.